The summed E-state index contributed by atoms with van der Waals surface area (Å²) >= 11 is 5.96. The van der Waals surface area contributed by atoms with E-state index in [-0.39, 0.29) is 23.4 Å². The van der Waals surface area contributed by atoms with Gasteiger partial charge in [0.05, 0.1) is 0 Å². The molecule has 1 heterocycles. The van der Waals surface area contributed by atoms with Crippen LogP contribution < -0.4 is 0 Å². The highest BCUT2D eigenvalue weighted by molar-refractivity contribution is 6.31. The summed E-state index contributed by atoms with van der Waals surface area (Å²) in [4.78, 5) is 26.8. The van der Waals surface area contributed by atoms with Crippen LogP contribution in [0.2, 0.25) is 5.02 Å². The number of carbonyl (C=O) groups is 2. The van der Waals surface area contributed by atoms with Crippen LogP contribution in [0, 0.1) is 11.7 Å². The summed E-state index contributed by atoms with van der Waals surface area (Å²) in [7, 11) is 0. The highest BCUT2D eigenvalue weighted by Crippen LogP contribution is 2.23. The SMILES string of the molecule is O=C(c1cccc(Cl)c1)C1CCCN(C(=O)C=Cc2ccccc2F)C1. The lowest BCUT2D eigenvalue weighted by Crippen LogP contribution is -2.41. The van der Waals surface area contributed by atoms with Gasteiger partial charge in [-0.05, 0) is 37.1 Å². The Labute approximate surface area is 157 Å². The van der Waals surface area contributed by atoms with Gasteiger partial charge in [-0.25, -0.2) is 4.39 Å². The minimum absolute atomic E-state index is 0.00286. The Hall–Kier alpha value is -2.46. The number of amides is 1. The van der Waals surface area contributed by atoms with Gasteiger partial charge in [0, 0.05) is 41.2 Å². The topological polar surface area (TPSA) is 37.4 Å². The molecule has 0 saturated carbocycles. The van der Waals surface area contributed by atoms with Crippen LogP contribution in [0.25, 0.3) is 6.08 Å². The summed E-state index contributed by atoms with van der Waals surface area (Å²) in [6, 6.07) is 13.2. The van der Waals surface area contributed by atoms with Gasteiger partial charge in [0.15, 0.2) is 5.78 Å². The lowest BCUT2D eigenvalue weighted by Gasteiger charge is -2.31. The summed E-state index contributed by atoms with van der Waals surface area (Å²) in [5.41, 5.74) is 0.933. The maximum atomic E-state index is 13.6. The molecule has 1 atom stereocenters. The number of halogens is 2. The number of rotatable bonds is 4. The van der Waals surface area contributed by atoms with Crippen molar-refractivity contribution in [1.82, 2.24) is 4.90 Å². The summed E-state index contributed by atoms with van der Waals surface area (Å²) < 4.78 is 13.6. The molecule has 1 aliphatic rings. The first-order chi connectivity index (χ1) is 12.5. The summed E-state index contributed by atoms with van der Waals surface area (Å²) in [5, 5.41) is 0.521. The number of likely N-dealkylation sites (tertiary alicyclic amines) is 1. The van der Waals surface area contributed by atoms with Gasteiger partial charge in [-0.1, -0.05) is 41.9 Å². The van der Waals surface area contributed by atoms with Crippen LogP contribution in [0.15, 0.2) is 54.6 Å². The fourth-order valence-corrected chi connectivity index (χ4v) is 3.34. The van der Waals surface area contributed by atoms with Crippen molar-refractivity contribution in [3.63, 3.8) is 0 Å². The molecule has 1 aliphatic heterocycles. The normalized spacial score (nSPS) is 17.5. The lowest BCUT2D eigenvalue weighted by atomic mass is 9.90. The van der Waals surface area contributed by atoms with Gasteiger partial charge >= 0.3 is 0 Å². The maximum absolute atomic E-state index is 13.6. The van der Waals surface area contributed by atoms with Crippen molar-refractivity contribution in [2.75, 3.05) is 13.1 Å². The highest BCUT2D eigenvalue weighted by atomic mass is 35.5. The van der Waals surface area contributed by atoms with E-state index in [1.54, 1.807) is 47.4 Å². The van der Waals surface area contributed by atoms with Crippen molar-refractivity contribution in [2.24, 2.45) is 5.92 Å². The van der Waals surface area contributed by atoms with E-state index < -0.39 is 0 Å². The third kappa shape index (κ3) is 4.38. The molecule has 0 N–H and O–H groups in total. The van der Waals surface area contributed by atoms with Gasteiger partial charge in [0.25, 0.3) is 0 Å². The van der Waals surface area contributed by atoms with E-state index in [0.717, 1.165) is 12.8 Å². The van der Waals surface area contributed by atoms with E-state index in [9.17, 15) is 14.0 Å². The van der Waals surface area contributed by atoms with Crippen molar-refractivity contribution in [3.05, 3.63) is 76.6 Å². The van der Waals surface area contributed by atoms with Crippen molar-refractivity contribution in [2.45, 2.75) is 12.8 Å². The Morgan fingerprint density at radius 1 is 1.15 bits per heavy atom. The number of Topliss-reactive ketones (excluding diaryl/α,β-unsaturated/α-hetero) is 1. The first-order valence-electron chi connectivity index (χ1n) is 8.56. The first kappa shape index (κ1) is 18.3. The largest absolute Gasteiger partial charge is 0.338 e. The number of hydrogen-bond acceptors (Lipinski definition) is 2. The zero-order chi connectivity index (χ0) is 18.5. The summed E-state index contributed by atoms with van der Waals surface area (Å²) in [6.07, 6.45) is 4.34. The second kappa shape index (κ2) is 8.28. The van der Waals surface area contributed by atoms with Crippen LogP contribution in [0.1, 0.15) is 28.8 Å². The zero-order valence-electron chi connectivity index (χ0n) is 14.2. The molecule has 26 heavy (non-hydrogen) atoms. The summed E-state index contributed by atoms with van der Waals surface area (Å²) in [5.74, 6) is -0.822. The Balaban J connectivity index is 1.67. The van der Waals surface area contributed by atoms with Crippen molar-refractivity contribution >= 4 is 29.4 Å². The molecule has 0 radical (unpaired) electrons. The van der Waals surface area contributed by atoms with Gasteiger partial charge in [-0.3, -0.25) is 9.59 Å². The van der Waals surface area contributed by atoms with Crippen LogP contribution in [-0.2, 0) is 4.79 Å². The van der Waals surface area contributed by atoms with E-state index >= 15 is 0 Å². The molecule has 134 valence electrons. The van der Waals surface area contributed by atoms with Crippen molar-refractivity contribution < 1.29 is 14.0 Å². The zero-order valence-corrected chi connectivity index (χ0v) is 15.0. The van der Waals surface area contributed by atoms with E-state index in [1.807, 2.05) is 0 Å². The fourth-order valence-electron chi connectivity index (χ4n) is 3.15. The summed E-state index contributed by atoms with van der Waals surface area (Å²) in [6.45, 7) is 0.964. The smallest absolute Gasteiger partial charge is 0.246 e. The molecular formula is C21H19ClFNO2. The number of piperidine rings is 1. The first-order valence-corrected chi connectivity index (χ1v) is 8.93. The van der Waals surface area contributed by atoms with Crippen LogP contribution in [0.5, 0.6) is 0 Å². The quantitative estimate of drug-likeness (QED) is 0.581. The molecule has 3 rings (SSSR count). The second-order valence-corrected chi connectivity index (χ2v) is 6.79. The second-order valence-electron chi connectivity index (χ2n) is 6.35. The van der Waals surface area contributed by atoms with Gasteiger partial charge in [0.2, 0.25) is 5.91 Å². The molecule has 0 aliphatic carbocycles. The van der Waals surface area contributed by atoms with Crippen LogP contribution in [0.4, 0.5) is 4.39 Å². The van der Waals surface area contributed by atoms with Gasteiger partial charge in [-0.2, -0.15) is 0 Å². The molecule has 0 spiro atoms. The van der Waals surface area contributed by atoms with E-state index in [2.05, 4.69) is 0 Å². The predicted octanol–water partition coefficient (Wildman–Crippen LogP) is 4.61. The van der Waals surface area contributed by atoms with Gasteiger partial charge in [-0.15, -0.1) is 0 Å². The van der Waals surface area contributed by atoms with E-state index in [4.69, 9.17) is 11.6 Å². The molecule has 2 aromatic rings. The third-order valence-electron chi connectivity index (χ3n) is 4.52. The minimum atomic E-state index is -0.371. The average molecular weight is 372 g/mol. The van der Waals surface area contributed by atoms with Crippen molar-refractivity contribution in [1.29, 1.82) is 0 Å². The average Bonchev–Trinajstić information content (AvgIpc) is 2.66. The van der Waals surface area contributed by atoms with Gasteiger partial charge < -0.3 is 4.90 Å². The molecule has 1 amide bonds. The molecule has 1 unspecified atom stereocenters. The number of carbonyl (C=O) groups excluding carboxylic acids is 2. The van der Waals surface area contributed by atoms with E-state index in [0.29, 0.717) is 29.2 Å². The Bertz CT molecular complexity index is 849. The molecular weight excluding hydrogens is 353 g/mol. The van der Waals surface area contributed by atoms with Crippen LogP contribution in [-0.4, -0.2) is 29.7 Å². The molecule has 3 nitrogen and oxygen atoms in total. The minimum Gasteiger partial charge on any atom is -0.338 e. The Morgan fingerprint density at radius 2 is 1.96 bits per heavy atom. The Kier molecular flexibility index (Phi) is 5.84. The molecule has 2 aromatic carbocycles. The number of hydrogen-bond donors (Lipinski definition) is 0. The standard InChI is InChI=1S/C21H19ClFNO2/c22-18-8-3-6-16(13-18)21(26)17-7-4-12-24(14-17)20(25)11-10-15-5-1-2-9-19(15)23/h1-3,5-6,8-11,13,17H,4,7,12,14H2. The maximum Gasteiger partial charge on any atom is 0.246 e. The molecule has 5 heteroatoms. The van der Waals surface area contributed by atoms with Crippen LogP contribution in [0.3, 0.4) is 0 Å². The van der Waals surface area contributed by atoms with Crippen LogP contribution >= 0.6 is 11.6 Å². The third-order valence-corrected chi connectivity index (χ3v) is 4.76. The molecule has 0 bridgehead atoms. The molecule has 1 fully saturated rings. The lowest BCUT2D eigenvalue weighted by molar-refractivity contribution is -0.127. The molecule has 0 aromatic heterocycles. The monoisotopic (exact) mass is 371 g/mol. The highest BCUT2D eigenvalue weighted by Gasteiger charge is 2.28. The van der Waals surface area contributed by atoms with E-state index in [1.165, 1.54) is 18.2 Å². The van der Waals surface area contributed by atoms with Crippen molar-refractivity contribution in [3.8, 4) is 0 Å². The fraction of sp³-hybridized carbons (Fsp3) is 0.238. The number of ketones is 1. The van der Waals surface area contributed by atoms with Gasteiger partial charge in [0.1, 0.15) is 5.82 Å². The predicted molar refractivity (Wildman–Crippen MR) is 101 cm³/mol. The molecule has 1 saturated heterocycles. The Morgan fingerprint density at radius 3 is 2.73 bits per heavy atom. The number of benzene rings is 2. The number of nitrogens with zero attached hydrogens (tertiary/aromatic N) is 1.